The Bertz CT molecular complexity index is 632. The molecular weight excluding hydrogens is 252 g/mol. The topological polar surface area (TPSA) is 58.5 Å². The van der Waals surface area contributed by atoms with E-state index in [1.165, 1.54) is 11.6 Å². The van der Waals surface area contributed by atoms with Crippen LogP contribution in [0.15, 0.2) is 59.6 Å². The summed E-state index contributed by atoms with van der Waals surface area (Å²) < 4.78 is 0. The van der Waals surface area contributed by atoms with Crippen molar-refractivity contribution in [2.24, 2.45) is 4.99 Å². The number of hydrogen-bond donors (Lipinski definition) is 1. The third-order valence-electron chi connectivity index (χ3n) is 2.83. The Morgan fingerprint density at radius 2 is 1.90 bits per heavy atom. The van der Waals surface area contributed by atoms with Crippen LogP contribution in [0.25, 0.3) is 0 Å². The number of aliphatic imine (C=N–C) groups is 1. The third-order valence-corrected chi connectivity index (χ3v) is 2.83. The molecule has 0 heterocycles. The van der Waals surface area contributed by atoms with E-state index in [0.717, 1.165) is 6.42 Å². The summed E-state index contributed by atoms with van der Waals surface area (Å²) in [5.74, 6) is -0.177. The van der Waals surface area contributed by atoms with Crippen LogP contribution >= 0.6 is 0 Å². The number of rotatable bonds is 5. The van der Waals surface area contributed by atoms with E-state index in [0.29, 0.717) is 17.8 Å². The molecule has 0 spiro atoms. The molecule has 0 unspecified atom stereocenters. The summed E-state index contributed by atoms with van der Waals surface area (Å²) in [5, 5.41) is 2.84. The largest absolute Gasteiger partial charge is 0.352 e. The van der Waals surface area contributed by atoms with Crippen LogP contribution in [0, 0.1) is 0 Å². The third kappa shape index (κ3) is 3.90. The van der Waals surface area contributed by atoms with Gasteiger partial charge in [0.05, 0.1) is 5.69 Å². The normalized spacial score (nSPS) is 9.60. The molecule has 0 aromatic heterocycles. The number of hydrogen-bond acceptors (Lipinski definition) is 3. The van der Waals surface area contributed by atoms with Crippen molar-refractivity contribution in [3.05, 3.63) is 65.7 Å². The van der Waals surface area contributed by atoms with Gasteiger partial charge in [0.2, 0.25) is 6.08 Å². The lowest BCUT2D eigenvalue weighted by Gasteiger charge is -2.05. The molecule has 4 nitrogen and oxygen atoms in total. The van der Waals surface area contributed by atoms with Gasteiger partial charge in [-0.15, -0.1) is 0 Å². The molecule has 0 bridgehead atoms. The van der Waals surface area contributed by atoms with Crippen molar-refractivity contribution < 1.29 is 9.59 Å². The molecule has 2 rings (SSSR count). The zero-order valence-electron chi connectivity index (χ0n) is 10.9. The second kappa shape index (κ2) is 7.02. The minimum atomic E-state index is -0.177. The first-order valence-corrected chi connectivity index (χ1v) is 6.29. The van der Waals surface area contributed by atoms with Crippen LogP contribution in [0.4, 0.5) is 5.69 Å². The van der Waals surface area contributed by atoms with E-state index in [1.807, 2.05) is 30.3 Å². The lowest BCUT2D eigenvalue weighted by atomic mass is 10.1. The first-order valence-electron chi connectivity index (χ1n) is 6.29. The molecule has 4 heteroatoms. The summed E-state index contributed by atoms with van der Waals surface area (Å²) >= 11 is 0. The predicted molar refractivity (Wildman–Crippen MR) is 76.7 cm³/mol. The minimum Gasteiger partial charge on any atom is -0.352 e. The number of nitrogens with one attached hydrogen (secondary N) is 1. The number of carbonyl (C=O) groups excluding carboxylic acids is 2. The highest BCUT2D eigenvalue weighted by molar-refractivity contribution is 5.95. The minimum absolute atomic E-state index is 0.177. The fourth-order valence-electron chi connectivity index (χ4n) is 1.84. The van der Waals surface area contributed by atoms with Crippen LogP contribution in [0.5, 0.6) is 0 Å². The first-order chi connectivity index (χ1) is 9.79. The molecule has 0 fully saturated rings. The molecule has 1 amide bonds. The maximum atomic E-state index is 11.9. The highest BCUT2D eigenvalue weighted by Crippen LogP contribution is 2.13. The summed E-state index contributed by atoms with van der Waals surface area (Å²) in [6.45, 7) is 0.560. The molecule has 0 aliphatic heterocycles. The van der Waals surface area contributed by atoms with Crippen LogP contribution in [0.1, 0.15) is 15.9 Å². The van der Waals surface area contributed by atoms with Crippen LogP contribution in [0.3, 0.4) is 0 Å². The Labute approximate surface area is 117 Å². The highest BCUT2D eigenvalue weighted by atomic mass is 16.1. The summed E-state index contributed by atoms with van der Waals surface area (Å²) in [5.41, 5.74) is 2.08. The van der Waals surface area contributed by atoms with Crippen LogP contribution in [-0.2, 0) is 11.2 Å². The van der Waals surface area contributed by atoms with Gasteiger partial charge >= 0.3 is 0 Å². The van der Waals surface area contributed by atoms with Crippen molar-refractivity contribution in [1.82, 2.24) is 5.32 Å². The van der Waals surface area contributed by atoms with Gasteiger partial charge < -0.3 is 5.32 Å². The predicted octanol–water partition coefficient (Wildman–Crippen LogP) is 2.63. The van der Waals surface area contributed by atoms with Crippen LogP contribution in [-0.4, -0.2) is 18.5 Å². The lowest BCUT2D eigenvalue weighted by molar-refractivity contribution is 0.0954. The fraction of sp³-hybridized carbons (Fsp3) is 0.125. The second-order valence-corrected chi connectivity index (χ2v) is 4.24. The van der Waals surface area contributed by atoms with E-state index in [2.05, 4.69) is 10.3 Å². The van der Waals surface area contributed by atoms with E-state index in [4.69, 9.17) is 0 Å². The van der Waals surface area contributed by atoms with Gasteiger partial charge in [-0.1, -0.05) is 36.4 Å². The number of isocyanates is 1. The average molecular weight is 266 g/mol. The number of carbonyl (C=O) groups is 1. The smallest absolute Gasteiger partial charge is 0.251 e. The van der Waals surface area contributed by atoms with Gasteiger partial charge in [-0.25, -0.2) is 4.79 Å². The zero-order valence-corrected chi connectivity index (χ0v) is 10.9. The van der Waals surface area contributed by atoms with Crippen molar-refractivity contribution in [3.63, 3.8) is 0 Å². The Kier molecular flexibility index (Phi) is 4.81. The summed E-state index contributed by atoms with van der Waals surface area (Å²) in [7, 11) is 0. The standard InChI is InChI=1S/C16H14N2O2/c19-12-18-15-8-4-7-14(11-15)16(20)17-10-9-13-5-2-1-3-6-13/h1-8,11H,9-10H2,(H,17,20). The Morgan fingerprint density at radius 1 is 1.10 bits per heavy atom. The van der Waals surface area contributed by atoms with E-state index >= 15 is 0 Å². The molecule has 0 aliphatic rings. The van der Waals surface area contributed by atoms with Gasteiger partial charge in [0.1, 0.15) is 0 Å². The highest BCUT2D eigenvalue weighted by Gasteiger charge is 2.05. The second-order valence-electron chi connectivity index (χ2n) is 4.24. The van der Waals surface area contributed by atoms with Crippen molar-refractivity contribution in [2.75, 3.05) is 6.54 Å². The monoisotopic (exact) mass is 266 g/mol. The van der Waals surface area contributed by atoms with Crippen molar-refractivity contribution in [3.8, 4) is 0 Å². The lowest BCUT2D eigenvalue weighted by Crippen LogP contribution is -2.25. The Balaban J connectivity index is 1.92. The fourth-order valence-corrected chi connectivity index (χ4v) is 1.84. The SMILES string of the molecule is O=C=Nc1cccc(C(=O)NCCc2ccccc2)c1. The van der Waals surface area contributed by atoms with E-state index < -0.39 is 0 Å². The molecule has 20 heavy (non-hydrogen) atoms. The summed E-state index contributed by atoms with van der Waals surface area (Å²) in [6.07, 6.45) is 2.23. The molecule has 100 valence electrons. The van der Waals surface area contributed by atoms with Gasteiger partial charge in [-0.3, -0.25) is 4.79 Å². The molecular formula is C16H14N2O2. The molecule has 0 radical (unpaired) electrons. The molecule has 0 atom stereocenters. The zero-order chi connectivity index (χ0) is 14.2. The Morgan fingerprint density at radius 3 is 2.65 bits per heavy atom. The number of benzene rings is 2. The first kappa shape index (κ1) is 13.7. The van der Waals surface area contributed by atoms with Crippen LogP contribution < -0.4 is 5.32 Å². The molecule has 2 aromatic carbocycles. The van der Waals surface area contributed by atoms with Crippen molar-refractivity contribution in [2.45, 2.75) is 6.42 Å². The number of nitrogens with zero attached hydrogens (tertiary/aromatic N) is 1. The summed E-state index contributed by atoms with van der Waals surface area (Å²) in [6, 6.07) is 16.5. The average Bonchev–Trinajstić information content (AvgIpc) is 2.49. The maximum absolute atomic E-state index is 11.9. The Hall–Kier alpha value is -2.71. The molecule has 0 saturated carbocycles. The molecule has 0 aliphatic carbocycles. The number of amides is 1. The van der Waals surface area contributed by atoms with Gasteiger partial charge in [0.25, 0.3) is 5.91 Å². The molecule has 0 saturated heterocycles. The van der Waals surface area contributed by atoms with Crippen LogP contribution in [0.2, 0.25) is 0 Å². The van der Waals surface area contributed by atoms with Gasteiger partial charge in [-0.05, 0) is 30.2 Å². The van der Waals surface area contributed by atoms with E-state index in [1.54, 1.807) is 24.3 Å². The van der Waals surface area contributed by atoms with Gasteiger partial charge in [0.15, 0.2) is 0 Å². The molecule has 2 aromatic rings. The maximum Gasteiger partial charge on any atom is 0.251 e. The van der Waals surface area contributed by atoms with Gasteiger partial charge in [-0.2, -0.15) is 4.99 Å². The summed E-state index contributed by atoms with van der Waals surface area (Å²) in [4.78, 5) is 25.6. The molecule has 1 N–H and O–H groups in total. The van der Waals surface area contributed by atoms with Crippen molar-refractivity contribution >= 4 is 17.7 Å². The van der Waals surface area contributed by atoms with Gasteiger partial charge in [0, 0.05) is 12.1 Å². The quantitative estimate of drug-likeness (QED) is 0.668. The van der Waals surface area contributed by atoms with E-state index in [-0.39, 0.29) is 5.91 Å². The van der Waals surface area contributed by atoms with Crippen molar-refractivity contribution in [1.29, 1.82) is 0 Å². The van der Waals surface area contributed by atoms with E-state index in [9.17, 15) is 9.59 Å².